The predicted molar refractivity (Wildman–Crippen MR) is 76.0 cm³/mol. The molecule has 1 aromatic rings. The molecule has 1 saturated heterocycles. The highest BCUT2D eigenvalue weighted by Gasteiger charge is 2.33. The number of hydrogen-bond donors (Lipinski definition) is 1. The Morgan fingerprint density at radius 1 is 1.58 bits per heavy atom. The zero-order valence-corrected chi connectivity index (χ0v) is 13.1. The Morgan fingerprint density at radius 2 is 2.32 bits per heavy atom. The first-order chi connectivity index (χ1) is 8.98. The minimum absolute atomic E-state index is 0.0493. The molecule has 0 saturated carbocycles. The maximum atomic E-state index is 12.7. The van der Waals surface area contributed by atoms with Crippen molar-refractivity contribution in [2.24, 2.45) is 0 Å². The van der Waals surface area contributed by atoms with Gasteiger partial charge in [0.15, 0.2) is 0 Å². The van der Waals surface area contributed by atoms with Crippen molar-refractivity contribution in [2.75, 3.05) is 27.3 Å². The molecule has 1 N–H and O–H groups in total. The summed E-state index contributed by atoms with van der Waals surface area (Å²) in [6.45, 7) is 3.54. The molecule has 1 unspecified atom stereocenters. The molecule has 1 atom stereocenters. The van der Waals surface area contributed by atoms with E-state index in [1.165, 1.54) is 15.6 Å². The number of ether oxygens (including phenoxy) is 1. The average Bonchev–Trinajstić information content (AvgIpc) is 2.98. The number of rotatable bonds is 5. The van der Waals surface area contributed by atoms with Gasteiger partial charge in [0.05, 0.1) is 12.6 Å². The Labute approximate surface area is 118 Å². The molecule has 108 valence electrons. The molecule has 19 heavy (non-hydrogen) atoms. The van der Waals surface area contributed by atoms with E-state index in [-0.39, 0.29) is 6.04 Å². The number of nitrogens with one attached hydrogen (secondary N) is 1. The van der Waals surface area contributed by atoms with Crippen molar-refractivity contribution in [3.63, 3.8) is 0 Å². The average molecular weight is 304 g/mol. The van der Waals surface area contributed by atoms with Crippen LogP contribution < -0.4 is 5.32 Å². The topological polar surface area (TPSA) is 58.6 Å². The highest BCUT2D eigenvalue weighted by atomic mass is 32.2. The molecule has 0 bridgehead atoms. The second kappa shape index (κ2) is 5.88. The van der Waals surface area contributed by atoms with Gasteiger partial charge in [-0.2, -0.15) is 4.31 Å². The van der Waals surface area contributed by atoms with Crippen molar-refractivity contribution in [1.82, 2.24) is 9.62 Å². The fourth-order valence-corrected chi connectivity index (χ4v) is 5.41. The number of likely N-dealkylation sites (N-methyl/N-ethyl adjacent to an activating group) is 1. The van der Waals surface area contributed by atoms with Crippen LogP contribution >= 0.6 is 11.3 Å². The SMILES string of the molecule is CNCc1scc(C)c1S(=O)(=O)N(C)C1CCOC1. The molecule has 2 heterocycles. The van der Waals surface area contributed by atoms with E-state index >= 15 is 0 Å². The highest BCUT2D eigenvalue weighted by Crippen LogP contribution is 2.30. The second-order valence-corrected chi connectivity index (χ2v) is 7.64. The van der Waals surface area contributed by atoms with Crippen molar-refractivity contribution < 1.29 is 13.2 Å². The van der Waals surface area contributed by atoms with E-state index in [4.69, 9.17) is 4.74 Å². The maximum absolute atomic E-state index is 12.7. The molecule has 0 amide bonds. The van der Waals surface area contributed by atoms with E-state index in [1.54, 1.807) is 7.05 Å². The number of hydrogen-bond acceptors (Lipinski definition) is 5. The molecule has 0 radical (unpaired) electrons. The first-order valence-electron chi connectivity index (χ1n) is 6.25. The number of sulfonamides is 1. The Balaban J connectivity index is 2.35. The second-order valence-electron chi connectivity index (χ2n) is 4.74. The lowest BCUT2D eigenvalue weighted by Crippen LogP contribution is -2.37. The molecule has 7 heteroatoms. The maximum Gasteiger partial charge on any atom is 0.244 e. The normalized spacial score (nSPS) is 20.3. The van der Waals surface area contributed by atoms with Crippen molar-refractivity contribution in [2.45, 2.75) is 30.8 Å². The first kappa shape index (κ1) is 14.9. The van der Waals surface area contributed by atoms with Gasteiger partial charge < -0.3 is 10.1 Å². The minimum atomic E-state index is -3.44. The van der Waals surface area contributed by atoms with Crippen LogP contribution in [0.2, 0.25) is 0 Å². The summed E-state index contributed by atoms with van der Waals surface area (Å²) in [7, 11) is 0.0283. The summed E-state index contributed by atoms with van der Waals surface area (Å²) in [4.78, 5) is 1.33. The van der Waals surface area contributed by atoms with E-state index in [1.807, 2.05) is 19.4 Å². The molecule has 2 rings (SSSR count). The zero-order valence-electron chi connectivity index (χ0n) is 11.5. The van der Waals surface area contributed by atoms with E-state index < -0.39 is 10.0 Å². The van der Waals surface area contributed by atoms with Crippen LogP contribution in [0.5, 0.6) is 0 Å². The van der Waals surface area contributed by atoms with Gasteiger partial charge in [-0.15, -0.1) is 11.3 Å². The molecule has 0 aromatic carbocycles. The van der Waals surface area contributed by atoms with Crippen LogP contribution in [0.4, 0.5) is 0 Å². The smallest absolute Gasteiger partial charge is 0.244 e. The fraction of sp³-hybridized carbons (Fsp3) is 0.667. The van der Waals surface area contributed by atoms with Gasteiger partial charge in [-0.1, -0.05) is 0 Å². The van der Waals surface area contributed by atoms with Gasteiger partial charge in [-0.05, 0) is 31.3 Å². The van der Waals surface area contributed by atoms with Gasteiger partial charge in [-0.25, -0.2) is 8.42 Å². The number of aryl methyl sites for hydroxylation is 1. The van der Waals surface area contributed by atoms with Crippen molar-refractivity contribution in [3.8, 4) is 0 Å². The molecular formula is C12H20N2O3S2. The summed E-state index contributed by atoms with van der Waals surface area (Å²) in [6, 6.07) is -0.0493. The van der Waals surface area contributed by atoms with Gasteiger partial charge in [-0.3, -0.25) is 0 Å². The van der Waals surface area contributed by atoms with Crippen molar-refractivity contribution >= 4 is 21.4 Å². The molecule has 1 fully saturated rings. The molecule has 0 aliphatic carbocycles. The minimum Gasteiger partial charge on any atom is -0.380 e. The largest absolute Gasteiger partial charge is 0.380 e. The van der Waals surface area contributed by atoms with Crippen LogP contribution in [-0.4, -0.2) is 46.1 Å². The third-order valence-corrected chi connectivity index (χ3v) is 6.76. The van der Waals surface area contributed by atoms with Gasteiger partial charge in [0.25, 0.3) is 0 Å². The van der Waals surface area contributed by atoms with Crippen LogP contribution in [0.3, 0.4) is 0 Å². The summed E-state index contributed by atoms with van der Waals surface area (Å²) in [5, 5.41) is 4.92. The fourth-order valence-electron chi connectivity index (χ4n) is 2.27. The van der Waals surface area contributed by atoms with Gasteiger partial charge in [0, 0.05) is 25.1 Å². The van der Waals surface area contributed by atoms with Crippen molar-refractivity contribution in [3.05, 3.63) is 15.8 Å². The lowest BCUT2D eigenvalue weighted by atomic mass is 10.3. The molecular weight excluding hydrogens is 284 g/mol. The van der Waals surface area contributed by atoms with E-state index in [2.05, 4.69) is 5.32 Å². The Bertz CT molecular complexity index is 533. The van der Waals surface area contributed by atoms with Crippen LogP contribution in [0.1, 0.15) is 16.9 Å². The van der Waals surface area contributed by atoms with E-state index in [9.17, 15) is 8.42 Å². The van der Waals surface area contributed by atoms with Crippen LogP contribution in [-0.2, 0) is 21.3 Å². The lowest BCUT2D eigenvalue weighted by Gasteiger charge is -2.23. The predicted octanol–water partition coefficient (Wildman–Crippen LogP) is 1.19. The van der Waals surface area contributed by atoms with Gasteiger partial charge in [0.1, 0.15) is 4.90 Å². The van der Waals surface area contributed by atoms with Gasteiger partial charge in [0.2, 0.25) is 10.0 Å². The third-order valence-electron chi connectivity index (χ3n) is 3.38. The molecule has 1 aromatic heterocycles. The highest BCUT2D eigenvalue weighted by molar-refractivity contribution is 7.89. The molecule has 1 aliphatic rings. The Kier molecular flexibility index (Phi) is 4.62. The molecule has 0 spiro atoms. The first-order valence-corrected chi connectivity index (χ1v) is 8.57. The van der Waals surface area contributed by atoms with E-state index in [0.29, 0.717) is 24.7 Å². The Morgan fingerprint density at radius 3 is 2.89 bits per heavy atom. The van der Waals surface area contributed by atoms with E-state index in [0.717, 1.165) is 16.9 Å². The zero-order chi connectivity index (χ0) is 14.0. The summed E-state index contributed by atoms with van der Waals surface area (Å²) in [6.07, 6.45) is 0.764. The van der Waals surface area contributed by atoms with Crippen LogP contribution in [0.15, 0.2) is 10.3 Å². The van der Waals surface area contributed by atoms with Crippen LogP contribution in [0.25, 0.3) is 0 Å². The standard InChI is InChI=1S/C12H20N2O3S2/c1-9-8-18-11(6-13-2)12(9)19(15,16)14(3)10-4-5-17-7-10/h8,10,13H,4-7H2,1-3H3. The number of thiophene rings is 1. The quantitative estimate of drug-likeness (QED) is 0.887. The molecule has 1 aliphatic heterocycles. The summed E-state index contributed by atoms with van der Waals surface area (Å²) < 4.78 is 32.2. The van der Waals surface area contributed by atoms with Crippen LogP contribution in [0, 0.1) is 6.92 Å². The summed E-state index contributed by atoms with van der Waals surface area (Å²) in [5.74, 6) is 0. The lowest BCUT2D eigenvalue weighted by molar-refractivity contribution is 0.181. The third kappa shape index (κ3) is 2.85. The summed E-state index contributed by atoms with van der Waals surface area (Å²) in [5.41, 5.74) is 0.820. The summed E-state index contributed by atoms with van der Waals surface area (Å²) >= 11 is 1.49. The van der Waals surface area contributed by atoms with Gasteiger partial charge >= 0.3 is 0 Å². The van der Waals surface area contributed by atoms with Crippen molar-refractivity contribution in [1.29, 1.82) is 0 Å². The monoisotopic (exact) mass is 304 g/mol. The number of nitrogens with zero attached hydrogens (tertiary/aromatic N) is 1. The Hall–Kier alpha value is -0.470. The molecule has 5 nitrogen and oxygen atoms in total.